The lowest BCUT2D eigenvalue weighted by Gasteiger charge is -2.33. The van der Waals surface area contributed by atoms with E-state index in [-0.39, 0.29) is 25.4 Å². The number of ether oxygens (including phenoxy) is 1. The molecule has 1 N–H and O–H groups in total. The number of halogens is 2. The van der Waals surface area contributed by atoms with E-state index >= 15 is 0 Å². The molecule has 10 heteroatoms. The molecule has 1 aromatic carbocycles. The lowest BCUT2D eigenvalue weighted by atomic mass is 10.2. The third-order valence-electron chi connectivity index (χ3n) is 3.91. The van der Waals surface area contributed by atoms with Gasteiger partial charge in [-0.1, -0.05) is 23.2 Å². The van der Waals surface area contributed by atoms with E-state index in [1.807, 2.05) is 0 Å². The standard InChI is InChI=1S/C15H14Cl2N4O4/c1-8-18-19-13-6-21(11(15(23)24)5-20(8)13)14(22)7-25-12-4-9(16)2-3-10(12)17/h2-4,11H,5-7H2,1H3,(H,23,24). The second-order valence-corrected chi connectivity index (χ2v) is 6.36. The highest BCUT2D eigenvalue weighted by molar-refractivity contribution is 6.34. The van der Waals surface area contributed by atoms with Gasteiger partial charge in [-0.15, -0.1) is 10.2 Å². The number of aryl methyl sites for hydroxylation is 1. The fraction of sp³-hybridized carbons (Fsp3) is 0.333. The Balaban J connectivity index is 1.76. The van der Waals surface area contributed by atoms with Crippen LogP contribution in [0.3, 0.4) is 0 Å². The van der Waals surface area contributed by atoms with E-state index in [2.05, 4.69) is 10.2 Å². The molecule has 2 heterocycles. The molecule has 1 atom stereocenters. The van der Waals surface area contributed by atoms with Crippen LogP contribution in [0, 0.1) is 6.92 Å². The highest BCUT2D eigenvalue weighted by Gasteiger charge is 2.36. The van der Waals surface area contributed by atoms with Gasteiger partial charge >= 0.3 is 5.97 Å². The van der Waals surface area contributed by atoms with Crippen molar-refractivity contribution in [1.82, 2.24) is 19.7 Å². The molecule has 1 aliphatic rings. The van der Waals surface area contributed by atoms with E-state index in [4.69, 9.17) is 27.9 Å². The van der Waals surface area contributed by atoms with Gasteiger partial charge in [0.25, 0.3) is 5.91 Å². The minimum atomic E-state index is -1.10. The van der Waals surface area contributed by atoms with Crippen molar-refractivity contribution in [3.63, 3.8) is 0 Å². The Bertz CT molecular complexity index is 839. The summed E-state index contributed by atoms with van der Waals surface area (Å²) in [4.78, 5) is 25.3. The minimum Gasteiger partial charge on any atom is -0.482 e. The molecular formula is C15H14Cl2N4O4. The Labute approximate surface area is 152 Å². The van der Waals surface area contributed by atoms with Crippen LogP contribution in [-0.2, 0) is 22.7 Å². The number of aromatic nitrogens is 3. The van der Waals surface area contributed by atoms with Crippen LogP contribution in [0.25, 0.3) is 0 Å². The van der Waals surface area contributed by atoms with E-state index in [1.165, 1.54) is 11.0 Å². The van der Waals surface area contributed by atoms with Crippen LogP contribution in [0.2, 0.25) is 10.0 Å². The Morgan fingerprint density at radius 3 is 2.84 bits per heavy atom. The van der Waals surface area contributed by atoms with Crippen molar-refractivity contribution >= 4 is 35.1 Å². The van der Waals surface area contributed by atoms with Gasteiger partial charge in [0.1, 0.15) is 17.6 Å². The molecule has 0 saturated heterocycles. The molecule has 2 aromatic rings. The quantitative estimate of drug-likeness (QED) is 0.862. The number of nitrogens with zero attached hydrogens (tertiary/aromatic N) is 4. The fourth-order valence-electron chi connectivity index (χ4n) is 2.60. The Morgan fingerprint density at radius 1 is 1.36 bits per heavy atom. The lowest BCUT2D eigenvalue weighted by Crippen LogP contribution is -2.52. The Hall–Kier alpha value is -2.32. The van der Waals surface area contributed by atoms with Crippen molar-refractivity contribution in [2.24, 2.45) is 0 Å². The predicted molar refractivity (Wildman–Crippen MR) is 88.7 cm³/mol. The van der Waals surface area contributed by atoms with E-state index in [0.29, 0.717) is 21.7 Å². The number of hydrogen-bond donors (Lipinski definition) is 1. The summed E-state index contributed by atoms with van der Waals surface area (Å²) < 4.78 is 7.10. The Kier molecular flexibility index (Phi) is 4.82. The molecular weight excluding hydrogens is 371 g/mol. The normalized spacial score (nSPS) is 16.4. The first-order chi connectivity index (χ1) is 11.9. The summed E-state index contributed by atoms with van der Waals surface area (Å²) in [7, 11) is 0. The average Bonchev–Trinajstić information content (AvgIpc) is 2.94. The van der Waals surface area contributed by atoms with Crippen LogP contribution >= 0.6 is 23.2 Å². The first-order valence-electron chi connectivity index (χ1n) is 7.35. The number of rotatable bonds is 4. The van der Waals surface area contributed by atoms with Crippen molar-refractivity contribution in [2.45, 2.75) is 26.1 Å². The van der Waals surface area contributed by atoms with Gasteiger partial charge < -0.3 is 19.3 Å². The van der Waals surface area contributed by atoms with Crippen LogP contribution in [0.1, 0.15) is 11.6 Å². The van der Waals surface area contributed by atoms with Crippen molar-refractivity contribution < 1.29 is 19.4 Å². The number of carboxylic acid groups (broad SMARTS) is 1. The van der Waals surface area contributed by atoms with Crippen molar-refractivity contribution in [3.05, 3.63) is 39.9 Å². The second-order valence-electron chi connectivity index (χ2n) is 5.51. The van der Waals surface area contributed by atoms with E-state index in [0.717, 1.165) is 0 Å². The molecule has 0 radical (unpaired) electrons. The zero-order chi connectivity index (χ0) is 18.1. The molecule has 1 aromatic heterocycles. The highest BCUT2D eigenvalue weighted by atomic mass is 35.5. The summed E-state index contributed by atoms with van der Waals surface area (Å²) in [5.41, 5.74) is 0. The maximum Gasteiger partial charge on any atom is 0.328 e. The number of carbonyl (C=O) groups is 2. The van der Waals surface area contributed by atoms with Gasteiger partial charge in [0, 0.05) is 11.1 Å². The monoisotopic (exact) mass is 384 g/mol. The summed E-state index contributed by atoms with van der Waals surface area (Å²) in [6, 6.07) is 3.62. The third-order valence-corrected chi connectivity index (χ3v) is 4.45. The lowest BCUT2D eigenvalue weighted by molar-refractivity contribution is -0.153. The number of amides is 1. The number of carbonyl (C=O) groups excluding carboxylic acids is 1. The summed E-state index contributed by atoms with van der Waals surface area (Å²) in [5, 5.41) is 18.1. The minimum absolute atomic E-state index is 0.0449. The van der Waals surface area contributed by atoms with Gasteiger partial charge in [-0.2, -0.15) is 0 Å². The molecule has 0 spiro atoms. The van der Waals surface area contributed by atoms with Crippen LogP contribution in [0.15, 0.2) is 18.2 Å². The van der Waals surface area contributed by atoms with Gasteiger partial charge in [0.2, 0.25) is 0 Å². The zero-order valence-corrected chi connectivity index (χ0v) is 14.7. The van der Waals surface area contributed by atoms with Crippen molar-refractivity contribution in [3.8, 4) is 5.75 Å². The molecule has 1 aliphatic heterocycles. The summed E-state index contributed by atoms with van der Waals surface area (Å²) in [6.45, 7) is 1.50. The Morgan fingerprint density at radius 2 is 2.12 bits per heavy atom. The summed E-state index contributed by atoms with van der Waals surface area (Å²) in [5.74, 6) is -0.201. The largest absolute Gasteiger partial charge is 0.482 e. The average molecular weight is 385 g/mol. The molecule has 25 heavy (non-hydrogen) atoms. The number of benzene rings is 1. The van der Waals surface area contributed by atoms with E-state index in [1.54, 1.807) is 23.6 Å². The molecule has 8 nitrogen and oxygen atoms in total. The molecule has 0 bridgehead atoms. The van der Waals surface area contributed by atoms with Crippen molar-refractivity contribution in [2.75, 3.05) is 6.61 Å². The molecule has 132 valence electrons. The summed E-state index contributed by atoms with van der Waals surface area (Å²) in [6.07, 6.45) is 0. The molecule has 1 amide bonds. The third kappa shape index (κ3) is 3.54. The summed E-state index contributed by atoms with van der Waals surface area (Å²) >= 11 is 11.9. The van der Waals surface area contributed by atoms with Gasteiger partial charge in [-0.25, -0.2) is 4.79 Å². The highest BCUT2D eigenvalue weighted by Crippen LogP contribution is 2.28. The molecule has 0 aliphatic carbocycles. The maximum absolute atomic E-state index is 12.5. The molecule has 3 rings (SSSR count). The van der Waals surface area contributed by atoms with E-state index < -0.39 is 17.9 Å². The van der Waals surface area contributed by atoms with Gasteiger partial charge in [-0.05, 0) is 19.1 Å². The van der Waals surface area contributed by atoms with Crippen molar-refractivity contribution in [1.29, 1.82) is 0 Å². The topological polar surface area (TPSA) is 97.5 Å². The number of aliphatic carboxylic acids is 1. The van der Waals surface area contributed by atoms with Gasteiger partial charge in [0.15, 0.2) is 12.4 Å². The zero-order valence-electron chi connectivity index (χ0n) is 13.1. The smallest absolute Gasteiger partial charge is 0.328 e. The first-order valence-corrected chi connectivity index (χ1v) is 8.11. The van der Waals surface area contributed by atoms with E-state index in [9.17, 15) is 14.7 Å². The number of fused-ring (bicyclic) bond motifs is 1. The van der Waals surface area contributed by atoms with Gasteiger partial charge in [0.05, 0.1) is 18.1 Å². The number of carboxylic acids is 1. The van der Waals surface area contributed by atoms with Crippen LogP contribution < -0.4 is 4.74 Å². The van der Waals surface area contributed by atoms with Crippen LogP contribution in [0.4, 0.5) is 0 Å². The van der Waals surface area contributed by atoms with Gasteiger partial charge in [-0.3, -0.25) is 4.79 Å². The molecule has 0 saturated carbocycles. The predicted octanol–water partition coefficient (Wildman–Crippen LogP) is 1.77. The molecule has 0 fully saturated rings. The maximum atomic E-state index is 12.5. The fourth-order valence-corrected chi connectivity index (χ4v) is 2.93. The second kappa shape index (κ2) is 6.89. The molecule has 1 unspecified atom stereocenters. The first kappa shape index (κ1) is 17.5. The van der Waals surface area contributed by atoms with Crippen LogP contribution in [-0.4, -0.2) is 49.3 Å². The number of hydrogen-bond acceptors (Lipinski definition) is 5. The SMILES string of the molecule is Cc1nnc2n1CC(C(=O)O)N(C(=O)COc1cc(Cl)ccc1Cl)C2. The van der Waals surface area contributed by atoms with Crippen LogP contribution in [0.5, 0.6) is 5.75 Å².